The number of aliphatic hydroxyl groups is 1. The third-order valence-electron chi connectivity index (χ3n) is 7.34. The quantitative estimate of drug-likeness (QED) is 0.615. The molecule has 2 aromatic rings. The summed E-state index contributed by atoms with van der Waals surface area (Å²) >= 11 is 0. The maximum atomic E-state index is 13.0. The van der Waals surface area contributed by atoms with E-state index >= 15 is 0 Å². The molecule has 0 aliphatic carbocycles. The van der Waals surface area contributed by atoms with Crippen molar-refractivity contribution in [2.45, 2.75) is 38.0 Å². The second kappa shape index (κ2) is 6.49. The van der Waals surface area contributed by atoms with Gasteiger partial charge in [-0.2, -0.15) is 0 Å². The molecule has 3 aliphatic heterocycles. The van der Waals surface area contributed by atoms with Crippen LogP contribution in [0.3, 0.4) is 0 Å². The highest BCUT2D eigenvalue weighted by molar-refractivity contribution is 5.92. The Morgan fingerprint density at radius 2 is 1.97 bits per heavy atom. The Balaban J connectivity index is 1.92. The van der Waals surface area contributed by atoms with Crippen molar-refractivity contribution in [2.75, 3.05) is 34.4 Å². The number of ether oxygens (including phenoxy) is 3. The summed E-state index contributed by atoms with van der Waals surface area (Å²) in [6.45, 7) is 3.94. The molecule has 0 fully saturated rings. The van der Waals surface area contributed by atoms with Gasteiger partial charge in [-0.15, -0.1) is 0 Å². The maximum Gasteiger partial charge on any atom is 0.359 e. The van der Waals surface area contributed by atoms with Crippen LogP contribution >= 0.6 is 0 Å². The van der Waals surface area contributed by atoms with E-state index in [0.29, 0.717) is 11.5 Å². The second-order valence-electron chi connectivity index (χ2n) is 8.55. The summed E-state index contributed by atoms with van der Waals surface area (Å²) in [5.41, 5.74) is 0.817. The Bertz CT molecular complexity index is 1070. The Hall–Kier alpha value is -2.51. The van der Waals surface area contributed by atoms with E-state index in [1.165, 1.54) is 12.7 Å². The molecule has 1 aromatic heterocycles. The van der Waals surface area contributed by atoms with Gasteiger partial charge in [0.05, 0.1) is 32.9 Å². The van der Waals surface area contributed by atoms with Gasteiger partial charge < -0.3 is 23.9 Å². The average Bonchev–Trinajstić information content (AvgIpc) is 3.11. The normalized spacial score (nSPS) is 29.6. The zero-order valence-corrected chi connectivity index (χ0v) is 17.9. The Morgan fingerprint density at radius 1 is 1.23 bits per heavy atom. The molecule has 0 spiro atoms. The lowest BCUT2D eigenvalue weighted by atomic mass is 9.64. The zero-order chi connectivity index (χ0) is 21.3. The van der Waals surface area contributed by atoms with Crippen molar-refractivity contribution >= 4 is 16.9 Å². The largest absolute Gasteiger partial charge is 0.493 e. The fraction of sp³-hybridized carbons (Fsp3) is 0.522. The third-order valence-corrected chi connectivity index (χ3v) is 7.34. The molecule has 30 heavy (non-hydrogen) atoms. The first-order valence-corrected chi connectivity index (χ1v) is 10.5. The Kier molecular flexibility index (Phi) is 4.21. The molecule has 0 saturated heterocycles. The van der Waals surface area contributed by atoms with Crippen LogP contribution in [0.5, 0.6) is 11.5 Å². The predicted molar refractivity (Wildman–Crippen MR) is 112 cm³/mol. The molecule has 160 valence electrons. The summed E-state index contributed by atoms with van der Waals surface area (Å²) in [6, 6.07) is 3.93. The van der Waals surface area contributed by atoms with E-state index < -0.39 is 11.7 Å². The zero-order valence-electron chi connectivity index (χ0n) is 17.9. The van der Waals surface area contributed by atoms with Gasteiger partial charge in [0.25, 0.3) is 0 Å². The first kappa shape index (κ1) is 19.5. The topological polar surface area (TPSA) is 73.2 Å². The van der Waals surface area contributed by atoms with Crippen molar-refractivity contribution in [1.82, 2.24) is 9.47 Å². The van der Waals surface area contributed by atoms with Crippen LogP contribution in [0.4, 0.5) is 0 Å². The highest BCUT2D eigenvalue weighted by Gasteiger charge is 2.59. The first-order valence-electron chi connectivity index (χ1n) is 10.5. The van der Waals surface area contributed by atoms with Crippen LogP contribution < -0.4 is 9.47 Å². The SMILES string of the molecule is CCC12C=CCN3CCc4c(n(c5cc(OC)c(OC)cc45)C(O)(C(=O)OC)C1)C32. The lowest BCUT2D eigenvalue weighted by Crippen LogP contribution is -2.58. The fourth-order valence-electron chi connectivity index (χ4n) is 6.01. The van der Waals surface area contributed by atoms with Gasteiger partial charge >= 0.3 is 5.97 Å². The van der Waals surface area contributed by atoms with Gasteiger partial charge in [-0.3, -0.25) is 4.90 Å². The molecule has 0 amide bonds. The summed E-state index contributed by atoms with van der Waals surface area (Å²) in [5, 5.41) is 12.9. The number of benzene rings is 1. The van der Waals surface area contributed by atoms with Crippen LogP contribution in [-0.2, 0) is 21.7 Å². The van der Waals surface area contributed by atoms with E-state index in [1.807, 2.05) is 16.7 Å². The summed E-state index contributed by atoms with van der Waals surface area (Å²) in [7, 11) is 4.53. The van der Waals surface area contributed by atoms with Crippen LogP contribution in [0.25, 0.3) is 10.9 Å². The molecular formula is C23H28N2O5. The molecule has 3 unspecified atom stereocenters. The first-order chi connectivity index (χ1) is 14.4. The van der Waals surface area contributed by atoms with E-state index in [2.05, 4.69) is 24.0 Å². The minimum Gasteiger partial charge on any atom is -0.493 e. The molecule has 5 rings (SSSR count). The highest BCUT2D eigenvalue weighted by atomic mass is 16.5. The molecule has 3 atom stereocenters. The lowest BCUT2D eigenvalue weighted by molar-refractivity contribution is -0.187. The predicted octanol–water partition coefficient (Wildman–Crippen LogP) is 2.75. The molecule has 0 saturated carbocycles. The number of hydrogen-bond donors (Lipinski definition) is 1. The van der Waals surface area contributed by atoms with Gasteiger partial charge in [-0.25, -0.2) is 4.79 Å². The van der Waals surface area contributed by atoms with Crippen molar-refractivity contribution in [3.63, 3.8) is 0 Å². The molecule has 1 N–H and O–H groups in total. The molecule has 3 aliphatic rings. The van der Waals surface area contributed by atoms with Gasteiger partial charge in [-0.1, -0.05) is 19.1 Å². The molecule has 7 heteroatoms. The van der Waals surface area contributed by atoms with Gasteiger partial charge in [0.1, 0.15) is 0 Å². The van der Waals surface area contributed by atoms with Crippen LogP contribution in [0, 0.1) is 5.41 Å². The average molecular weight is 412 g/mol. The summed E-state index contributed by atoms with van der Waals surface area (Å²) < 4.78 is 18.0. The molecule has 4 heterocycles. The number of carbonyl (C=O) groups excluding carboxylic acids is 1. The van der Waals surface area contributed by atoms with E-state index in [9.17, 15) is 9.90 Å². The fourth-order valence-corrected chi connectivity index (χ4v) is 6.01. The number of hydrogen-bond acceptors (Lipinski definition) is 6. The van der Waals surface area contributed by atoms with Gasteiger partial charge in [0, 0.05) is 42.1 Å². The van der Waals surface area contributed by atoms with E-state index in [1.54, 1.807) is 14.2 Å². The lowest BCUT2D eigenvalue weighted by Gasteiger charge is -2.55. The number of aromatic nitrogens is 1. The van der Waals surface area contributed by atoms with Crippen LogP contribution in [0.15, 0.2) is 24.3 Å². The van der Waals surface area contributed by atoms with Gasteiger partial charge in [-0.05, 0) is 24.5 Å². The van der Waals surface area contributed by atoms with Crippen molar-refractivity contribution in [2.24, 2.45) is 5.41 Å². The van der Waals surface area contributed by atoms with Crippen LogP contribution in [0.2, 0.25) is 0 Å². The van der Waals surface area contributed by atoms with Gasteiger partial charge in [0.15, 0.2) is 11.5 Å². The summed E-state index contributed by atoms with van der Waals surface area (Å²) in [4.78, 5) is 15.5. The Labute approximate surface area is 175 Å². The van der Waals surface area contributed by atoms with E-state index in [-0.39, 0.29) is 17.9 Å². The number of rotatable bonds is 4. The van der Waals surface area contributed by atoms with Crippen molar-refractivity contribution in [3.05, 3.63) is 35.5 Å². The maximum absolute atomic E-state index is 13.0. The number of fused-ring (bicyclic) bond motifs is 3. The monoisotopic (exact) mass is 412 g/mol. The van der Waals surface area contributed by atoms with Crippen LogP contribution in [0.1, 0.15) is 37.1 Å². The molecular weight excluding hydrogens is 384 g/mol. The number of carbonyl (C=O) groups is 1. The third kappa shape index (κ3) is 2.25. The minimum atomic E-state index is -1.79. The van der Waals surface area contributed by atoms with Crippen molar-refractivity contribution in [1.29, 1.82) is 0 Å². The Morgan fingerprint density at radius 3 is 2.63 bits per heavy atom. The highest BCUT2D eigenvalue weighted by Crippen LogP contribution is 2.59. The molecule has 1 aromatic carbocycles. The van der Waals surface area contributed by atoms with Crippen molar-refractivity contribution < 1.29 is 24.1 Å². The number of nitrogens with zero attached hydrogens (tertiary/aromatic N) is 2. The molecule has 0 bridgehead atoms. The standard InChI is InChI=1S/C23H28N2O5/c1-5-22-8-6-9-24-10-7-14-15-11-17(28-2)18(29-3)12-16(15)25(19(14)20(22)24)23(27,13-22)21(26)30-4/h6,8,11-12,20,27H,5,7,9-10,13H2,1-4H3. The van der Waals surface area contributed by atoms with Gasteiger partial charge in [0.2, 0.25) is 5.72 Å². The summed E-state index contributed by atoms with van der Waals surface area (Å²) in [5.74, 6) is 0.564. The minimum absolute atomic E-state index is 0.102. The van der Waals surface area contributed by atoms with E-state index in [0.717, 1.165) is 42.5 Å². The molecule has 7 nitrogen and oxygen atoms in total. The number of methoxy groups -OCH3 is 3. The second-order valence-corrected chi connectivity index (χ2v) is 8.55. The smallest absolute Gasteiger partial charge is 0.359 e. The van der Waals surface area contributed by atoms with Crippen molar-refractivity contribution in [3.8, 4) is 11.5 Å². The molecule has 0 radical (unpaired) electrons. The van der Waals surface area contributed by atoms with Crippen LogP contribution in [-0.4, -0.2) is 55.0 Å². The number of esters is 1. The summed E-state index contributed by atoms with van der Waals surface area (Å²) in [6.07, 6.45) is 6.31. The van der Waals surface area contributed by atoms with E-state index in [4.69, 9.17) is 14.2 Å².